The number of hydrogen-bond donors (Lipinski definition) is 0. The molecule has 0 aromatic heterocycles. The lowest BCUT2D eigenvalue weighted by Crippen LogP contribution is -2.46. The van der Waals surface area contributed by atoms with E-state index >= 15 is 0 Å². The van der Waals surface area contributed by atoms with Crippen LogP contribution in [0.2, 0.25) is 0 Å². The van der Waals surface area contributed by atoms with Crippen molar-refractivity contribution in [2.45, 2.75) is 17.4 Å². The maximum absolute atomic E-state index is 13.0. The Bertz CT molecular complexity index is 747. The molecule has 1 heterocycles. The van der Waals surface area contributed by atoms with E-state index in [4.69, 9.17) is 4.74 Å². The van der Waals surface area contributed by atoms with Crippen LogP contribution >= 0.6 is 0 Å². The van der Waals surface area contributed by atoms with Crippen LogP contribution in [0.25, 0.3) is 0 Å². The molecule has 6 heteroatoms. The lowest BCUT2D eigenvalue weighted by Gasteiger charge is -2.32. The Morgan fingerprint density at radius 2 is 1.78 bits per heavy atom. The summed E-state index contributed by atoms with van der Waals surface area (Å²) in [6.07, 6.45) is 0.484. The maximum Gasteiger partial charge on any atom is 0.243 e. The van der Waals surface area contributed by atoms with Gasteiger partial charge in [0.15, 0.2) is 0 Å². The van der Waals surface area contributed by atoms with Crippen molar-refractivity contribution in [1.82, 2.24) is 4.31 Å². The van der Waals surface area contributed by atoms with Crippen LogP contribution in [0.4, 0.5) is 4.39 Å². The molecule has 0 radical (unpaired) electrons. The van der Waals surface area contributed by atoms with E-state index in [0.717, 1.165) is 17.7 Å². The first-order chi connectivity index (χ1) is 11.1. The first-order valence-electron chi connectivity index (χ1n) is 7.47. The summed E-state index contributed by atoms with van der Waals surface area (Å²) < 4.78 is 45.4. The van der Waals surface area contributed by atoms with Gasteiger partial charge >= 0.3 is 0 Å². The normalized spacial score (nSPS) is 19.6. The predicted octanol–water partition coefficient (Wildman–Crippen LogP) is 2.46. The summed E-state index contributed by atoms with van der Waals surface area (Å²) in [5.41, 5.74) is 1.11. The maximum atomic E-state index is 13.0. The van der Waals surface area contributed by atoms with Crippen LogP contribution in [-0.2, 0) is 21.2 Å². The van der Waals surface area contributed by atoms with Gasteiger partial charge in [-0.15, -0.1) is 0 Å². The quantitative estimate of drug-likeness (QED) is 0.862. The van der Waals surface area contributed by atoms with Gasteiger partial charge in [-0.25, -0.2) is 12.8 Å². The van der Waals surface area contributed by atoms with E-state index in [9.17, 15) is 12.8 Å². The fraction of sp³-hybridized carbons (Fsp3) is 0.294. The minimum absolute atomic E-state index is 0.110. The second-order valence-corrected chi connectivity index (χ2v) is 7.44. The summed E-state index contributed by atoms with van der Waals surface area (Å²) in [5, 5.41) is 0. The molecule has 0 aliphatic carbocycles. The zero-order valence-corrected chi connectivity index (χ0v) is 13.4. The Kier molecular flexibility index (Phi) is 4.75. The highest BCUT2D eigenvalue weighted by molar-refractivity contribution is 7.89. The average molecular weight is 335 g/mol. The van der Waals surface area contributed by atoms with Crippen LogP contribution < -0.4 is 0 Å². The van der Waals surface area contributed by atoms with Crippen LogP contribution in [0.5, 0.6) is 0 Å². The van der Waals surface area contributed by atoms with Gasteiger partial charge in [-0.3, -0.25) is 0 Å². The first kappa shape index (κ1) is 16.1. The average Bonchev–Trinajstić information content (AvgIpc) is 2.56. The Hall–Kier alpha value is -1.76. The molecule has 1 aliphatic rings. The molecule has 2 aromatic rings. The van der Waals surface area contributed by atoms with Crippen molar-refractivity contribution in [1.29, 1.82) is 0 Å². The highest BCUT2D eigenvalue weighted by Crippen LogP contribution is 2.20. The molecule has 1 unspecified atom stereocenters. The topological polar surface area (TPSA) is 46.6 Å². The zero-order valence-electron chi connectivity index (χ0n) is 12.6. The van der Waals surface area contributed by atoms with Gasteiger partial charge in [0.25, 0.3) is 0 Å². The Labute approximate surface area is 135 Å². The van der Waals surface area contributed by atoms with Crippen molar-refractivity contribution in [3.05, 3.63) is 66.0 Å². The summed E-state index contributed by atoms with van der Waals surface area (Å²) in [6, 6.07) is 14.8. The summed E-state index contributed by atoms with van der Waals surface area (Å²) >= 11 is 0. The molecule has 1 atom stereocenters. The molecule has 0 amide bonds. The van der Waals surface area contributed by atoms with Crippen LogP contribution in [0.1, 0.15) is 5.56 Å². The molecule has 3 rings (SSSR count). The summed E-state index contributed by atoms with van der Waals surface area (Å²) in [6.45, 7) is 0.970. The van der Waals surface area contributed by atoms with Crippen molar-refractivity contribution >= 4 is 10.0 Å². The van der Waals surface area contributed by atoms with E-state index in [1.165, 1.54) is 16.4 Å². The fourth-order valence-electron chi connectivity index (χ4n) is 2.67. The van der Waals surface area contributed by atoms with Gasteiger partial charge < -0.3 is 4.74 Å². The van der Waals surface area contributed by atoms with Gasteiger partial charge in [0.05, 0.1) is 17.6 Å². The first-order valence-corrected chi connectivity index (χ1v) is 8.91. The van der Waals surface area contributed by atoms with Crippen molar-refractivity contribution in [3.63, 3.8) is 0 Å². The summed E-state index contributed by atoms with van der Waals surface area (Å²) in [4.78, 5) is 0.110. The molecule has 0 bridgehead atoms. The fourth-order valence-corrected chi connectivity index (χ4v) is 4.12. The second kappa shape index (κ2) is 6.78. The number of nitrogens with zero attached hydrogens (tertiary/aromatic N) is 1. The minimum Gasteiger partial charge on any atom is -0.375 e. The largest absolute Gasteiger partial charge is 0.375 e. The standard InChI is InChI=1S/C17H18FNO3S/c18-15-6-8-17(9-7-15)23(20,21)19-10-11-22-16(13-19)12-14-4-2-1-3-5-14/h1-9,16H,10-13H2. The lowest BCUT2D eigenvalue weighted by atomic mass is 10.1. The van der Waals surface area contributed by atoms with Crippen molar-refractivity contribution in [2.75, 3.05) is 19.7 Å². The van der Waals surface area contributed by atoms with E-state index in [1.54, 1.807) is 0 Å². The molecule has 4 nitrogen and oxygen atoms in total. The lowest BCUT2D eigenvalue weighted by molar-refractivity contribution is -0.000496. The van der Waals surface area contributed by atoms with E-state index < -0.39 is 15.8 Å². The molecule has 1 aliphatic heterocycles. The van der Waals surface area contributed by atoms with Gasteiger partial charge in [-0.1, -0.05) is 30.3 Å². The molecule has 0 saturated carbocycles. The molecular weight excluding hydrogens is 317 g/mol. The van der Waals surface area contributed by atoms with E-state index in [1.807, 2.05) is 30.3 Å². The number of morpholine rings is 1. The Morgan fingerprint density at radius 1 is 1.09 bits per heavy atom. The van der Waals surface area contributed by atoms with Gasteiger partial charge in [0.2, 0.25) is 10.0 Å². The zero-order chi connectivity index (χ0) is 16.3. The third kappa shape index (κ3) is 3.77. The minimum atomic E-state index is -3.62. The third-order valence-corrected chi connectivity index (χ3v) is 5.74. The van der Waals surface area contributed by atoms with Crippen LogP contribution in [0.15, 0.2) is 59.5 Å². The van der Waals surface area contributed by atoms with Crippen LogP contribution in [0.3, 0.4) is 0 Å². The van der Waals surface area contributed by atoms with Crippen LogP contribution in [-0.4, -0.2) is 38.5 Å². The smallest absolute Gasteiger partial charge is 0.243 e. The number of hydrogen-bond acceptors (Lipinski definition) is 3. The Morgan fingerprint density at radius 3 is 2.48 bits per heavy atom. The van der Waals surface area contributed by atoms with Crippen molar-refractivity contribution in [3.8, 4) is 0 Å². The molecule has 23 heavy (non-hydrogen) atoms. The predicted molar refractivity (Wildman–Crippen MR) is 85.0 cm³/mol. The number of halogens is 1. The molecule has 2 aromatic carbocycles. The number of ether oxygens (including phenoxy) is 1. The van der Waals surface area contributed by atoms with Crippen molar-refractivity contribution in [2.24, 2.45) is 0 Å². The number of sulfonamides is 1. The number of rotatable bonds is 4. The Balaban J connectivity index is 1.74. The molecule has 0 spiro atoms. The van der Waals surface area contributed by atoms with E-state index in [-0.39, 0.29) is 11.0 Å². The monoisotopic (exact) mass is 335 g/mol. The van der Waals surface area contributed by atoms with Gasteiger partial charge in [0.1, 0.15) is 5.82 Å². The SMILES string of the molecule is O=S(=O)(c1ccc(F)cc1)N1CCOC(Cc2ccccc2)C1. The molecule has 0 N–H and O–H groups in total. The van der Waals surface area contributed by atoms with Gasteiger partial charge in [0, 0.05) is 13.1 Å². The highest BCUT2D eigenvalue weighted by atomic mass is 32.2. The van der Waals surface area contributed by atoms with Gasteiger partial charge in [-0.2, -0.15) is 4.31 Å². The molecular formula is C17H18FNO3S. The molecule has 1 fully saturated rings. The van der Waals surface area contributed by atoms with E-state index in [2.05, 4.69) is 0 Å². The molecule has 1 saturated heterocycles. The highest BCUT2D eigenvalue weighted by Gasteiger charge is 2.30. The van der Waals surface area contributed by atoms with E-state index in [0.29, 0.717) is 26.1 Å². The summed E-state index contributed by atoms with van der Waals surface area (Å²) in [7, 11) is -3.62. The number of benzene rings is 2. The second-order valence-electron chi connectivity index (χ2n) is 5.50. The van der Waals surface area contributed by atoms with Gasteiger partial charge in [-0.05, 0) is 36.2 Å². The third-order valence-electron chi connectivity index (χ3n) is 3.86. The van der Waals surface area contributed by atoms with Crippen LogP contribution in [0, 0.1) is 5.82 Å². The van der Waals surface area contributed by atoms with Crippen molar-refractivity contribution < 1.29 is 17.5 Å². The molecule has 122 valence electrons. The summed E-state index contributed by atoms with van der Waals surface area (Å²) in [5.74, 6) is -0.451.